The second kappa shape index (κ2) is 6.64. The van der Waals surface area contributed by atoms with E-state index in [1.54, 1.807) is 17.1 Å². The standard InChI is InChI=1S/C13H21N3O3S/c1-11-12(10-14-2)4-3-5-13(11)20(17,18)15-16-6-8-19-9-7-16/h3-5,14-15H,6-10H2,1-2H3. The first kappa shape index (κ1) is 15.4. The lowest BCUT2D eigenvalue weighted by Crippen LogP contribution is -2.48. The van der Waals surface area contributed by atoms with Gasteiger partial charge >= 0.3 is 0 Å². The van der Waals surface area contributed by atoms with Gasteiger partial charge in [-0.2, -0.15) is 0 Å². The van der Waals surface area contributed by atoms with Crippen LogP contribution in [0.1, 0.15) is 11.1 Å². The second-order valence-electron chi connectivity index (χ2n) is 4.76. The molecule has 1 fully saturated rings. The topological polar surface area (TPSA) is 70.7 Å². The smallest absolute Gasteiger partial charge is 0.253 e. The lowest BCUT2D eigenvalue weighted by Gasteiger charge is -2.27. The normalized spacial score (nSPS) is 17.3. The Morgan fingerprint density at radius 3 is 2.65 bits per heavy atom. The SMILES string of the molecule is CNCc1cccc(S(=O)(=O)NN2CCOCC2)c1C. The van der Waals surface area contributed by atoms with Crippen LogP contribution in [-0.2, 0) is 21.3 Å². The monoisotopic (exact) mass is 299 g/mol. The molecule has 0 atom stereocenters. The summed E-state index contributed by atoms with van der Waals surface area (Å²) in [6.45, 7) is 4.69. The Morgan fingerprint density at radius 2 is 2.00 bits per heavy atom. The third kappa shape index (κ3) is 3.56. The number of hydrazine groups is 1. The highest BCUT2D eigenvalue weighted by molar-refractivity contribution is 7.89. The van der Waals surface area contributed by atoms with Crippen molar-refractivity contribution >= 4 is 10.0 Å². The molecule has 0 aliphatic carbocycles. The van der Waals surface area contributed by atoms with Crippen LogP contribution in [0.2, 0.25) is 0 Å². The van der Waals surface area contributed by atoms with Crippen LogP contribution >= 0.6 is 0 Å². The van der Waals surface area contributed by atoms with Crippen LogP contribution in [0.3, 0.4) is 0 Å². The van der Waals surface area contributed by atoms with E-state index < -0.39 is 10.0 Å². The van der Waals surface area contributed by atoms with Gasteiger partial charge in [0.15, 0.2) is 0 Å². The van der Waals surface area contributed by atoms with Crippen molar-refractivity contribution < 1.29 is 13.2 Å². The van der Waals surface area contributed by atoms with E-state index in [2.05, 4.69) is 10.1 Å². The fraction of sp³-hybridized carbons (Fsp3) is 0.538. The van der Waals surface area contributed by atoms with Crippen molar-refractivity contribution in [1.82, 2.24) is 15.2 Å². The van der Waals surface area contributed by atoms with Crippen LogP contribution in [-0.4, -0.2) is 46.8 Å². The molecule has 20 heavy (non-hydrogen) atoms. The molecular weight excluding hydrogens is 278 g/mol. The Bertz CT molecular complexity index is 554. The molecule has 0 amide bonds. The molecule has 1 saturated heterocycles. The Balaban J connectivity index is 2.22. The van der Waals surface area contributed by atoms with E-state index in [1.165, 1.54) is 0 Å². The minimum atomic E-state index is -3.54. The van der Waals surface area contributed by atoms with Gasteiger partial charge in [-0.3, -0.25) is 0 Å². The summed E-state index contributed by atoms with van der Waals surface area (Å²) >= 11 is 0. The molecule has 0 radical (unpaired) electrons. The first-order valence-electron chi connectivity index (χ1n) is 6.63. The quantitative estimate of drug-likeness (QED) is 0.815. The summed E-state index contributed by atoms with van der Waals surface area (Å²) < 4.78 is 30.1. The molecule has 1 aliphatic heterocycles. The van der Waals surface area contributed by atoms with Gasteiger partial charge in [0.1, 0.15) is 0 Å². The zero-order chi connectivity index (χ0) is 14.6. The van der Waals surface area contributed by atoms with Gasteiger partial charge in [0, 0.05) is 19.6 Å². The van der Waals surface area contributed by atoms with Crippen molar-refractivity contribution in [2.45, 2.75) is 18.4 Å². The van der Waals surface area contributed by atoms with Crippen molar-refractivity contribution in [1.29, 1.82) is 0 Å². The molecule has 1 aromatic rings. The van der Waals surface area contributed by atoms with Gasteiger partial charge in [-0.1, -0.05) is 12.1 Å². The number of nitrogens with zero attached hydrogens (tertiary/aromatic N) is 1. The number of morpholine rings is 1. The molecule has 0 aromatic heterocycles. The summed E-state index contributed by atoms with van der Waals surface area (Å²) in [6, 6.07) is 5.34. The fourth-order valence-electron chi connectivity index (χ4n) is 2.21. The zero-order valence-corrected chi connectivity index (χ0v) is 12.7. The Hall–Kier alpha value is -0.990. The van der Waals surface area contributed by atoms with Crippen molar-refractivity contribution in [3.8, 4) is 0 Å². The van der Waals surface area contributed by atoms with Crippen molar-refractivity contribution in [3.63, 3.8) is 0 Å². The summed E-state index contributed by atoms with van der Waals surface area (Å²) in [4.78, 5) is 2.96. The molecule has 0 bridgehead atoms. The summed E-state index contributed by atoms with van der Waals surface area (Å²) in [5.74, 6) is 0. The molecule has 2 N–H and O–H groups in total. The minimum Gasteiger partial charge on any atom is -0.379 e. The van der Waals surface area contributed by atoms with Gasteiger partial charge in [0.2, 0.25) is 0 Å². The van der Waals surface area contributed by atoms with Gasteiger partial charge in [-0.05, 0) is 31.2 Å². The number of sulfonamides is 1. The molecular formula is C13H21N3O3S. The van der Waals surface area contributed by atoms with Crippen LogP contribution in [0.15, 0.2) is 23.1 Å². The first-order chi connectivity index (χ1) is 9.54. The highest BCUT2D eigenvalue weighted by atomic mass is 32.2. The molecule has 0 spiro atoms. The highest BCUT2D eigenvalue weighted by Crippen LogP contribution is 2.19. The van der Waals surface area contributed by atoms with Crippen LogP contribution in [0.5, 0.6) is 0 Å². The third-order valence-corrected chi connectivity index (χ3v) is 4.83. The van der Waals surface area contributed by atoms with Gasteiger partial charge in [-0.25, -0.2) is 13.4 Å². The zero-order valence-electron chi connectivity index (χ0n) is 11.8. The summed E-state index contributed by atoms with van der Waals surface area (Å²) in [5, 5.41) is 4.73. The predicted octanol–water partition coefficient (Wildman–Crippen LogP) is 0.240. The Morgan fingerprint density at radius 1 is 1.30 bits per heavy atom. The molecule has 1 aromatic carbocycles. The minimum absolute atomic E-state index is 0.330. The average molecular weight is 299 g/mol. The maximum absolute atomic E-state index is 12.5. The summed E-state index contributed by atoms with van der Waals surface area (Å²) in [5.41, 5.74) is 1.76. The maximum atomic E-state index is 12.5. The molecule has 112 valence electrons. The van der Waals surface area contributed by atoms with Gasteiger partial charge in [0.25, 0.3) is 10.0 Å². The molecule has 2 rings (SSSR count). The molecule has 1 heterocycles. The van der Waals surface area contributed by atoms with Crippen molar-refractivity contribution in [3.05, 3.63) is 29.3 Å². The van der Waals surface area contributed by atoms with Gasteiger partial charge in [0.05, 0.1) is 18.1 Å². The molecule has 0 unspecified atom stereocenters. The Kier molecular flexibility index (Phi) is 5.11. The van der Waals surface area contributed by atoms with Gasteiger partial charge < -0.3 is 10.1 Å². The van der Waals surface area contributed by atoms with E-state index in [-0.39, 0.29) is 0 Å². The number of nitrogens with one attached hydrogen (secondary N) is 2. The van der Waals surface area contributed by atoms with E-state index in [0.717, 1.165) is 11.1 Å². The average Bonchev–Trinajstić information content (AvgIpc) is 2.42. The van der Waals surface area contributed by atoms with E-state index in [0.29, 0.717) is 37.7 Å². The lowest BCUT2D eigenvalue weighted by atomic mass is 10.1. The number of hydrogen-bond donors (Lipinski definition) is 2. The lowest BCUT2D eigenvalue weighted by molar-refractivity contribution is 0.0272. The number of hydrogen-bond acceptors (Lipinski definition) is 5. The maximum Gasteiger partial charge on any atom is 0.253 e. The van der Waals surface area contributed by atoms with E-state index in [9.17, 15) is 8.42 Å². The number of ether oxygens (including phenoxy) is 1. The molecule has 0 saturated carbocycles. The highest BCUT2D eigenvalue weighted by Gasteiger charge is 2.22. The van der Waals surface area contributed by atoms with Crippen molar-refractivity contribution in [2.24, 2.45) is 0 Å². The Labute approximate surface area is 120 Å². The van der Waals surface area contributed by atoms with E-state index in [4.69, 9.17) is 4.74 Å². The van der Waals surface area contributed by atoms with Crippen LogP contribution in [0, 0.1) is 6.92 Å². The van der Waals surface area contributed by atoms with E-state index in [1.807, 2.05) is 20.0 Å². The van der Waals surface area contributed by atoms with Crippen LogP contribution < -0.4 is 10.1 Å². The predicted molar refractivity (Wildman–Crippen MR) is 76.7 cm³/mol. The summed E-state index contributed by atoms with van der Waals surface area (Å²) in [7, 11) is -1.70. The fourth-order valence-corrected chi connectivity index (χ4v) is 3.62. The van der Waals surface area contributed by atoms with Crippen LogP contribution in [0.4, 0.5) is 0 Å². The largest absolute Gasteiger partial charge is 0.379 e. The number of benzene rings is 1. The number of rotatable bonds is 5. The van der Waals surface area contributed by atoms with Gasteiger partial charge in [-0.15, -0.1) is 4.83 Å². The third-order valence-electron chi connectivity index (χ3n) is 3.31. The van der Waals surface area contributed by atoms with E-state index >= 15 is 0 Å². The van der Waals surface area contributed by atoms with Crippen molar-refractivity contribution in [2.75, 3.05) is 33.4 Å². The summed E-state index contributed by atoms with van der Waals surface area (Å²) in [6.07, 6.45) is 0. The molecule has 6 nitrogen and oxygen atoms in total. The second-order valence-corrected chi connectivity index (χ2v) is 6.39. The first-order valence-corrected chi connectivity index (χ1v) is 8.11. The molecule has 7 heteroatoms. The molecule has 1 aliphatic rings. The van der Waals surface area contributed by atoms with Crippen LogP contribution in [0.25, 0.3) is 0 Å².